The van der Waals surface area contributed by atoms with Crippen LogP contribution in [-0.4, -0.2) is 0 Å². The van der Waals surface area contributed by atoms with Crippen molar-refractivity contribution in [3.05, 3.63) is 35.4 Å². The fraction of sp³-hybridized carbons (Fsp3) is 0.333. The van der Waals surface area contributed by atoms with E-state index in [1.54, 1.807) is 0 Å². The molecule has 0 aliphatic rings. The van der Waals surface area contributed by atoms with Gasteiger partial charge in [-0.2, -0.15) is 0 Å². The van der Waals surface area contributed by atoms with Gasteiger partial charge in [-0.25, -0.2) is 0 Å². The molecule has 0 nitrogen and oxygen atoms in total. The van der Waals surface area contributed by atoms with Crippen LogP contribution in [0.4, 0.5) is 0 Å². The highest BCUT2D eigenvalue weighted by molar-refractivity contribution is 9.69. The van der Waals surface area contributed by atoms with Gasteiger partial charge >= 0.3 is 0 Å². The van der Waals surface area contributed by atoms with E-state index in [4.69, 9.17) is 0 Å². The highest BCUT2D eigenvalue weighted by Crippen LogP contribution is 2.54. The minimum atomic E-state index is -0.169. The summed E-state index contributed by atoms with van der Waals surface area (Å²) < 4.78 is 0. The van der Waals surface area contributed by atoms with E-state index in [0.717, 1.165) is 12.6 Å². The quantitative estimate of drug-likeness (QED) is 0.700. The third-order valence-electron chi connectivity index (χ3n) is 1.70. The molecule has 1 rings (SSSR count). The Bertz CT molecular complexity index is 248. The van der Waals surface area contributed by atoms with Crippen LogP contribution in [0.5, 0.6) is 0 Å². The topological polar surface area (TPSA) is 0 Å². The zero-order valence-electron chi connectivity index (χ0n) is 6.93. The normalized spacial score (nSPS) is 10.7. The standard InChI is InChI=1S/C9H11Br2P/c1-2-8-4-3-5-9(6-8)7-12(10)11/h3-6H,2,7H2,1H3. The van der Waals surface area contributed by atoms with E-state index in [2.05, 4.69) is 62.2 Å². The van der Waals surface area contributed by atoms with Crippen molar-refractivity contribution in [2.24, 2.45) is 0 Å². The Kier molecular flexibility index (Phi) is 4.78. The van der Waals surface area contributed by atoms with Crippen molar-refractivity contribution >= 4 is 36.3 Å². The molecule has 0 amide bonds. The molecule has 12 heavy (non-hydrogen) atoms. The van der Waals surface area contributed by atoms with Crippen molar-refractivity contribution in [2.45, 2.75) is 19.5 Å². The highest BCUT2D eigenvalue weighted by Gasteiger charge is 2.00. The smallest absolute Gasteiger partial charge is 0.0391 e. The Labute approximate surface area is 91.0 Å². The molecule has 0 aliphatic heterocycles. The van der Waals surface area contributed by atoms with Crippen LogP contribution in [0.15, 0.2) is 24.3 Å². The summed E-state index contributed by atoms with van der Waals surface area (Å²) in [7, 11) is 0. The van der Waals surface area contributed by atoms with Gasteiger partial charge in [-0.05, 0) is 48.5 Å². The van der Waals surface area contributed by atoms with Gasteiger partial charge in [0.25, 0.3) is 0 Å². The monoisotopic (exact) mass is 308 g/mol. The molecule has 0 saturated carbocycles. The lowest BCUT2D eigenvalue weighted by Crippen LogP contribution is -1.83. The van der Waals surface area contributed by atoms with Crippen molar-refractivity contribution in [3.63, 3.8) is 0 Å². The average Bonchev–Trinajstić information content (AvgIpc) is 2.03. The van der Waals surface area contributed by atoms with Crippen LogP contribution in [0.3, 0.4) is 0 Å². The van der Waals surface area contributed by atoms with E-state index in [0.29, 0.717) is 0 Å². The Morgan fingerprint density at radius 2 is 1.92 bits per heavy atom. The van der Waals surface area contributed by atoms with Crippen LogP contribution in [0.2, 0.25) is 0 Å². The molecular formula is C9H11Br2P. The van der Waals surface area contributed by atoms with Gasteiger partial charge in [0, 0.05) is 11.5 Å². The fourth-order valence-electron chi connectivity index (χ4n) is 1.09. The molecule has 0 heterocycles. The fourth-order valence-corrected chi connectivity index (χ4v) is 3.30. The van der Waals surface area contributed by atoms with Crippen molar-refractivity contribution in [1.82, 2.24) is 0 Å². The lowest BCUT2D eigenvalue weighted by molar-refractivity contribution is 1.13. The summed E-state index contributed by atoms with van der Waals surface area (Å²) in [5.41, 5.74) is 2.83. The van der Waals surface area contributed by atoms with Gasteiger partial charge < -0.3 is 0 Å². The molecule has 0 bridgehead atoms. The van der Waals surface area contributed by atoms with Gasteiger partial charge in [-0.1, -0.05) is 31.2 Å². The molecule has 0 unspecified atom stereocenters. The van der Waals surface area contributed by atoms with E-state index in [1.807, 2.05) is 0 Å². The van der Waals surface area contributed by atoms with Crippen molar-refractivity contribution < 1.29 is 0 Å². The molecule has 1 aromatic rings. The number of aryl methyl sites for hydroxylation is 1. The van der Waals surface area contributed by atoms with Crippen LogP contribution >= 0.6 is 36.3 Å². The first-order chi connectivity index (χ1) is 5.72. The van der Waals surface area contributed by atoms with E-state index < -0.39 is 0 Å². The van der Waals surface area contributed by atoms with Crippen LogP contribution in [0.1, 0.15) is 18.1 Å². The van der Waals surface area contributed by atoms with Gasteiger partial charge in [-0.3, -0.25) is 0 Å². The number of rotatable bonds is 3. The molecule has 0 atom stereocenters. The molecule has 0 fully saturated rings. The minimum absolute atomic E-state index is 0.169. The summed E-state index contributed by atoms with van der Waals surface area (Å²) in [6, 6.07) is 8.76. The molecule has 0 radical (unpaired) electrons. The largest absolute Gasteiger partial charge is 0.0617 e. The summed E-state index contributed by atoms with van der Waals surface area (Å²) in [6.45, 7) is 2.18. The zero-order chi connectivity index (χ0) is 8.97. The summed E-state index contributed by atoms with van der Waals surface area (Å²) in [5, 5.41) is -0.169. The first kappa shape index (κ1) is 10.7. The number of hydrogen-bond acceptors (Lipinski definition) is 0. The predicted molar refractivity (Wildman–Crippen MR) is 64.3 cm³/mol. The van der Waals surface area contributed by atoms with Gasteiger partial charge in [0.1, 0.15) is 0 Å². The van der Waals surface area contributed by atoms with E-state index in [-0.39, 0.29) is 5.33 Å². The van der Waals surface area contributed by atoms with Crippen LogP contribution in [0, 0.1) is 0 Å². The second kappa shape index (κ2) is 5.36. The second-order valence-corrected chi connectivity index (χ2v) is 11.5. The molecule has 3 heteroatoms. The minimum Gasteiger partial charge on any atom is -0.0617 e. The second-order valence-electron chi connectivity index (χ2n) is 2.63. The van der Waals surface area contributed by atoms with Crippen molar-refractivity contribution in [1.29, 1.82) is 0 Å². The molecule has 0 saturated heterocycles. The Hall–Kier alpha value is 0.610. The number of halogens is 2. The summed E-state index contributed by atoms with van der Waals surface area (Å²) in [4.78, 5) is 0. The molecule has 0 aromatic heterocycles. The van der Waals surface area contributed by atoms with E-state index in [9.17, 15) is 0 Å². The summed E-state index contributed by atoms with van der Waals surface area (Å²) >= 11 is 7.08. The Balaban J connectivity index is 2.72. The van der Waals surface area contributed by atoms with Crippen LogP contribution in [-0.2, 0) is 12.6 Å². The van der Waals surface area contributed by atoms with Gasteiger partial charge in [0.05, 0.1) is 0 Å². The maximum atomic E-state index is 3.54. The Morgan fingerprint density at radius 3 is 2.50 bits per heavy atom. The molecule has 0 N–H and O–H groups in total. The summed E-state index contributed by atoms with van der Waals surface area (Å²) in [6.07, 6.45) is 2.22. The average molecular weight is 310 g/mol. The lowest BCUT2D eigenvalue weighted by atomic mass is 10.1. The third kappa shape index (κ3) is 3.55. The lowest BCUT2D eigenvalue weighted by Gasteiger charge is -2.03. The maximum absolute atomic E-state index is 3.54. The maximum Gasteiger partial charge on any atom is 0.0391 e. The zero-order valence-corrected chi connectivity index (χ0v) is 11.0. The predicted octanol–water partition coefficient (Wildman–Crippen LogP) is 4.85. The van der Waals surface area contributed by atoms with Crippen molar-refractivity contribution in [3.8, 4) is 0 Å². The van der Waals surface area contributed by atoms with Gasteiger partial charge in [0.15, 0.2) is 0 Å². The van der Waals surface area contributed by atoms with Crippen molar-refractivity contribution in [2.75, 3.05) is 0 Å². The molecule has 0 spiro atoms. The first-order valence-electron chi connectivity index (χ1n) is 3.89. The van der Waals surface area contributed by atoms with Gasteiger partial charge in [-0.15, -0.1) is 0 Å². The Morgan fingerprint density at radius 1 is 1.25 bits per heavy atom. The highest BCUT2D eigenvalue weighted by atomic mass is 79.9. The first-order valence-corrected chi connectivity index (χ1v) is 9.45. The number of hydrogen-bond donors (Lipinski definition) is 0. The number of benzene rings is 1. The van der Waals surface area contributed by atoms with E-state index in [1.165, 1.54) is 11.1 Å². The third-order valence-corrected chi connectivity index (χ3v) is 3.81. The SMILES string of the molecule is CCc1cccc(CP(Br)Br)c1. The van der Waals surface area contributed by atoms with Crippen LogP contribution < -0.4 is 0 Å². The van der Waals surface area contributed by atoms with Gasteiger partial charge in [0.2, 0.25) is 0 Å². The molecule has 1 aromatic carbocycles. The van der Waals surface area contributed by atoms with E-state index >= 15 is 0 Å². The van der Waals surface area contributed by atoms with Crippen LogP contribution in [0.25, 0.3) is 0 Å². The molecular weight excluding hydrogens is 299 g/mol. The molecule has 0 aliphatic carbocycles. The molecule has 66 valence electrons. The summed E-state index contributed by atoms with van der Waals surface area (Å²) in [5.74, 6) is 0.